The van der Waals surface area contributed by atoms with Crippen LogP contribution in [0.4, 0.5) is 5.69 Å². The van der Waals surface area contributed by atoms with Crippen molar-refractivity contribution >= 4 is 11.6 Å². The molecule has 2 aliphatic rings. The van der Waals surface area contributed by atoms with Crippen LogP contribution >= 0.6 is 0 Å². The molecule has 4 nitrogen and oxygen atoms in total. The molecule has 2 N–H and O–H groups in total. The number of anilines is 1. The van der Waals surface area contributed by atoms with Crippen molar-refractivity contribution in [1.82, 2.24) is 9.80 Å². The summed E-state index contributed by atoms with van der Waals surface area (Å²) in [4.78, 5) is 16.8. The van der Waals surface area contributed by atoms with Crippen LogP contribution in [0.3, 0.4) is 0 Å². The third-order valence-corrected chi connectivity index (χ3v) is 4.35. The van der Waals surface area contributed by atoms with Crippen LogP contribution in [0.1, 0.15) is 29.6 Å². The van der Waals surface area contributed by atoms with E-state index in [0.29, 0.717) is 5.69 Å². The smallest absolute Gasteiger partial charge is 0.253 e. The zero-order valence-corrected chi connectivity index (χ0v) is 11.2. The first kappa shape index (κ1) is 12.5. The standard InChI is InChI=1S/C15H21N3O/c16-13-6-4-12(5-7-13)15(19)18-10-8-17(9-11-18)14-2-1-3-14/h4-7,14H,1-3,8-11,16H2. The zero-order chi connectivity index (χ0) is 13.2. The molecule has 0 bridgehead atoms. The summed E-state index contributed by atoms with van der Waals surface area (Å²) in [6.45, 7) is 3.73. The number of hydrogen-bond acceptors (Lipinski definition) is 3. The summed E-state index contributed by atoms with van der Waals surface area (Å²) in [7, 11) is 0. The van der Waals surface area contributed by atoms with Gasteiger partial charge in [0, 0.05) is 43.5 Å². The first-order chi connectivity index (χ1) is 9.24. The molecule has 1 heterocycles. The predicted molar refractivity (Wildman–Crippen MR) is 76.0 cm³/mol. The number of nitrogens with two attached hydrogens (primary N) is 1. The topological polar surface area (TPSA) is 49.6 Å². The first-order valence-electron chi connectivity index (χ1n) is 7.13. The molecule has 3 rings (SSSR count). The largest absolute Gasteiger partial charge is 0.399 e. The lowest BCUT2D eigenvalue weighted by Gasteiger charge is -2.42. The Kier molecular flexibility index (Phi) is 3.42. The Labute approximate surface area is 114 Å². The highest BCUT2D eigenvalue weighted by molar-refractivity contribution is 5.94. The predicted octanol–water partition coefficient (Wildman–Crippen LogP) is 1.58. The van der Waals surface area contributed by atoms with Gasteiger partial charge in [0.15, 0.2) is 0 Å². The highest BCUT2D eigenvalue weighted by atomic mass is 16.2. The van der Waals surface area contributed by atoms with Crippen molar-refractivity contribution in [2.75, 3.05) is 31.9 Å². The second-order valence-electron chi connectivity index (χ2n) is 5.53. The lowest BCUT2D eigenvalue weighted by molar-refractivity contribution is 0.0455. The minimum atomic E-state index is 0.133. The van der Waals surface area contributed by atoms with Crippen LogP contribution < -0.4 is 5.73 Å². The number of amides is 1. The van der Waals surface area contributed by atoms with Crippen molar-refractivity contribution in [2.24, 2.45) is 0 Å². The fourth-order valence-corrected chi connectivity index (χ4v) is 2.85. The zero-order valence-electron chi connectivity index (χ0n) is 11.2. The summed E-state index contributed by atoms with van der Waals surface area (Å²) < 4.78 is 0. The molecule has 1 aromatic rings. The number of nitrogen functional groups attached to an aromatic ring is 1. The lowest BCUT2D eigenvalue weighted by Crippen LogP contribution is -2.53. The Balaban J connectivity index is 1.58. The van der Waals surface area contributed by atoms with Gasteiger partial charge in [-0.2, -0.15) is 0 Å². The van der Waals surface area contributed by atoms with Crippen LogP contribution in [0, 0.1) is 0 Å². The molecule has 0 aromatic heterocycles. The molecule has 0 atom stereocenters. The van der Waals surface area contributed by atoms with Gasteiger partial charge in [-0.15, -0.1) is 0 Å². The molecule has 1 saturated heterocycles. The van der Waals surface area contributed by atoms with Gasteiger partial charge in [-0.25, -0.2) is 0 Å². The number of rotatable bonds is 2. The van der Waals surface area contributed by atoms with Crippen LogP contribution in [0.2, 0.25) is 0 Å². The molecule has 1 aromatic carbocycles. The van der Waals surface area contributed by atoms with Gasteiger partial charge in [-0.3, -0.25) is 9.69 Å². The van der Waals surface area contributed by atoms with Crippen LogP contribution in [-0.4, -0.2) is 47.9 Å². The fourth-order valence-electron chi connectivity index (χ4n) is 2.85. The van der Waals surface area contributed by atoms with E-state index >= 15 is 0 Å². The first-order valence-corrected chi connectivity index (χ1v) is 7.13. The molecular formula is C15H21N3O. The van der Waals surface area contributed by atoms with E-state index in [0.717, 1.165) is 37.8 Å². The van der Waals surface area contributed by atoms with Crippen molar-refractivity contribution in [3.8, 4) is 0 Å². The Morgan fingerprint density at radius 3 is 2.21 bits per heavy atom. The Morgan fingerprint density at radius 2 is 1.68 bits per heavy atom. The van der Waals surface area contributed by atoms with Crippen molar-refractivity contribution in [2.45, 2.75) is 25.3 Å². The van der Waals surface area contributed by atoms with Gasteiger partial charge >= 0.3 is 0 Å². The van der Waals surface area contributed by atoms with Gasteiger partial charge in [0.05, 0.1) is 0 Å². The summed E-state index contributed by atoms with van der Waals surface area (Å²) in [6.07, 6.45) is 4.05. The Morgan fingerprint density at radius 1 is 1.05 bits per heavy atom. The van der Waals surface area contributed by atoms with E-state index in [1.165, 1.54) is 19.3 Å². The van der Waals surface area contributed by atoms with Gasteiger partial charge in [0.25, 0.3) is 5.91 Å². The second kappa shape index (κ2) is 5.21. The van der Waals surface area contributed by atoms with Gasteiger partial charge in [-0.1, -0.05) is 6.42 Å². The number of nitrogens with zero attached hydrogens (tertiary/aromatic N) is 2. The highest BCUT2D eigenvalue weighted by Gasteiger charge is 2.29. The van der Waals surface area contributed by atoms with Gasteiger partial charge in [-0.05, 0) is 37.1 Å². The van der Waals surface area contributed by atoms with Crippen molar-refractivity contribution in [3.63, 3.8) is 0 Å². The summed E-state index contributed by atoms with van der Waals surface area (Å²) in [5.74, 6) is 0.133. The average Bonchev–Trinajstić information content (AvgIpc) is 2.38. The Bertz CT molecular complexity index is 445. The van der Waals surface area contributed by atoms with Crippen molar-refractivity contribution < 1.29 is 4.79 Å². The van der Waals surface area contributed by atoms with E-state index in [9.17, 15) is 4.79 Å². The fraction of sp³-hybridized carbons (Fsp3) is 0.533. The molecule has 1 amide bonds. The third-order valence-electron chi connectivity index (χ3n) is 4.35. The highest BCUT2D eigenvalue weighted by Crippen LogP contribution is 2.25. The number of carbonyl (C=O) groups is 1. The minimum absolute atomic E-state index is 0.133. The van der Waals surface area contributed by atoms with Crippen LogP contribution in [0.25, 0.3) is 0 Å². The summed E-state index contributed by atoms with van der Waals surface area (Å²) in [5, 5.41) is 0. The molecule has 0 radical (unpaired) electrons. The van der Waals surface area contributed by atoms with E-state index < -0.39 is 0 Å². The molecule has 1 aliphatic heterocycles. The minimum Gasteiger partial charge on any atom is -0.399 e. The Hall–Kier alpha value is -1.55. The molecule has 19 heavy (non-hydrogen) atoms. The number of benzene rings is 1. The molecule has 102 valence electrons. The van der Waals surface area contributed by atoms with E-state index in [1.807, 2.05) is 17.0 Å². The molecule has 2 fully saturated rings. The van der Waals surface area contributed by atoms with Gasteiger partial charge in [0.2, 0.25) is 0 Å². The maximum absolute atomic E-state index is 12.3. The molecule has 1 aliphatic carbocycles. The molecule has 1 saturated carbocycles. The van der Waals surface area contributed by atoms with Crippen molar-refractivity contribution in [3.05, 3.63) is 29.8 Å². The second-order valence-corrected chi connectivity index (χ2v) is 5.53. The summed E-state index contributed by atoms with van der Waals surface area (Å²) in [5.41, 5.74) is 7.09. The number of carbonyl (C=O) groups excluding carboxylic acids is 1. The monoisotopic (exact) mass is 259 g/mol. The van der Waals surface area contributed by atoms with Crippen LogP contribution in [0.5, 0.6) is 0 Å². The molecule has 4 heteroatoms. The number of piperazine rings is 1. The normalized spacial score (nSPS) is 21.2. The van der Waals surface area contributed by atoms with Gasteiger partial charge < -0.3 is 10.6 Å². The lowest BCUT2D eigenvalue weighted by atomic mass is 9.91. The van der Waals surface area contributed by atoms with Crippen molar-refractivity contribution in [1.29, 1.82) is 0 Å². The maximum atomic E-state index is 12.3. The SMILES string of the molecule is Nc1ccc(C(=O)N2CCN(C3CCC3)CC2)cc1. The van der Waals surface area contributed by atoms with E-state index in [-0.39, 0.29) is 5.91 Å². The van der Waals surface area contributed by atoms with E-state index in [2.05, 4.69) is 4.90 Å². The third kappa shape index (κ3) is 2.59. The summed E-state index contributed by atoms with van der Waals surface area (Å²) >= 11 is 0. The maximum Gasteiger partial charge on any atom is 0.253 e. The van der Waals surface area contributed by atoms with Crippen LogP contribution in [0.15, 0.2) is 24.3 Å². The number of hydrogen-bond donors (Lipinski definition) is 1. The average molecular weight is 259 g/mol. The molecular weight excluding hydrogens is 238 g/mol. The van der Waals surface area contributed by atoms with E-state index in [1.54, 1.807) is 12.1 Å². The summed E-state index contributed by atoms with van der Waals surface area (Å²) in [6, 6.07) is 8.00. The van der Waals surface area contributed by atoms with Crippen LogP contribution in [-0.2, 0) is 0 Å². The quantitative estimate of drug-likeness (QED) is 0.820. The molecule has 0 spiro atoms. The molecule has 0 unspecified atom stereocenters. The van der Waals surface area contributed by atoms with Gasteiger partial charge in [0.1, 0.15) is 0 Å². The van der Waals surface area contributed by atoms with E-state index in [4.69, 9.17) is 5.73 Å².